The lowest BCUT2D eigenvalue weighted by molar-refractivity contribution is -0.115. The Balaban J connectivity index is 1.46. The smallest absolute Gasteiger partial charge is 0.254 e. The number of aromatic nitrogens is 3. The number of nitrogens with one attached hydrogen (secondary N) is 1. The maximum Gasteiger partial charge on any atom is 0.254 e. The Morgan fingerprint density at radius 3 is 2.55 bits per heavy atom. The third kappa shape index (κ3) is 4.16. The molecule has 4 rings (SSSR count). The molecule has 1 saturated carbocycles. The zero-order chi connectivity index (χ0) is 22.1. The molecule has 0 bridgehead atoms. The zero-order valence-electron chi connectivity index (χ0n) is 17.6. The summed E-state index contributed by atoms with van der Waals surface area (Å²) < 4.78 is 6.90. The monoisotopic (exact) mass is 422 g/mol. The van der Waals surface area contributed by atoms with E-state index in [1.165, 1.54) is 6.42 Å². The van der Waals surface area contributed by atoms with Crippen LogP contribution in [-0.2, 0) is 11.2 Å². The molecule has 0 radical (unpaired) electrons. The Hall–Kier alpha value is -3.62. The fourth-order valence-corrected chi connectivity index (χ4v) is 3.67. The largest absolute Gasteiger partial charge is 0.383 e. The third-order valence-corrected chi connectivity index (χ3v) is 5.58. The number of amides is 2. The Morgan fingerprint density at radius 1 is 1.26 bits per heavy atom. The van der Waals surface area contributed by atoms with E-state index in [0.717, 1.165) is 24.2 Å². The number of anilines is 2. The molecular formula is C22H26N6O3. The molecule has 0 unspecified atom stereocenters. The van der Waals surface area contributed by atoms with E-state index in [1.807, 2.05) is 26.0 Å². The van der Waals surface area contributed by atoms with Gasteiger partial charge in [-0.15, -0.1) is 0 Å². The van der Waals surface area contributed by atoms with Gasteiger partial charge in [0.05, 0.1) is 6.42 Å². The van der Waals surface area contributed by atoms with Crippen molar-refractivity contribution in [1.29, 1.82) is 0 Å². The van der Waals surface area contributed by atoms with Crippen LogP contribution in [0.3, 0.4) is 0 Å². The molecule has 5 N–H and O–H groups in total. The normalized spacial score (nSPS) is 13.9. The number of hydrogen-bond donors (Lipinski definition) is 3. The van der Waals surface area contributed by atoms with Gasteiger partial charge in [-0.2, -0.15) is 5.10 Å². The number of carbonyl (C=O) groups is 2. The van der Waals surface area contributed by atoms with Crippen molar-refractivity contribution < 1.29 is 14.1 Å². The van der Waals surface area contributed by atoms with Crippen molar-refractivity contribution in [2.24, 2.45) is 5.73 Å². The Kier molecular flexibility index (Phi) is 5.50. The molecule has 0 saturated heterocycles. The van der Waals surface area contributed by atoms with Gasteiger partial charge in [0.15, 0.2) is 5.82 Å². The van der Waals surface area contributed by atoms with Crippen LogP contribution in [0, 0.1) is 0 Å². The second-order valence-corrected chi connectivity index (χ2v) is 8.18. The highest BCUT2D eigenvalue weighted by Crippen LogP contribution is 2.37. The van der Waals surface area contributed by atoms with Crippen molar-refractivity contribution in [1.82, 2.24) is 14.9 Å². The highest BCUT2D eigenvalue weighted by Gasteiger charge is 2.24. The van der Waals surface area contributed by atoms with Gasteiger partial charge in [-0.05, 0) is 32.3 Å². The minimum absolute atomic E-state index is 0.0174. The van der Waals surface area contributed by atoms with Gasteiger partial charge in [-0.25, -0.2) is 4.68 Å². The summed E-state index contributed by atoms with van der Waals surface area (Å²) in [6.07, 6.45) is 3.59. The van der Waals surface area contributed by atoms with Crippen molar-refractivity contribution in [2.45, 2.75) is 51.5 Å². The van der Waals surface area contributed by atoms with Crippen molar-refractivity contribution in [3.8, 4) is 11.3 Å². The Bertz CT molecular complexity index is 1110. The number of hydrogen-bond acceptors (Lipinski definition) is 6. The minimum atomic E-state index is -0.628. The first-order chi connectivity index (χ1) is 14.8. The van der Waals surface area contributed by atoms with Crippen LogP contribution in [0.1, 0.15) is 66.8 Å². The van der Waals surface area contributed by atoms with Crippen LogP contribution in [0.15, 0.2) is 34.9 Å². The number of nitrogens with two attached hydrogens (primary N) is 2. The molecular weight excluding hydrogens is 396 g/mol. The predicted molar refractivity (Wildman–Crippen MR) is 116 cm³/mol. The fourth-order valence-electron chi connectivity index (χ4n) is 3.67. The fraction of sp³-hybridized carbons (Fsp3) is 0.364. The van der Waals surface area contributed by atoms with Gasteiger partial charge in [0.25, 0.3) is 5.91 Å². The summed E-state index contributed by atoms with van der Waals surface area (Å²) in [6.45, 7) is 3.84. The lowest BCUT2D eigenvalue weighted by Crippen LogP contribution is -2.15. The summed E-state index contributed by atoms with van der Waals surface area (Å²) in [5.74, 6) is 1.11. The highest BCUT2D eigenvalue weighted by atomic mass is 16.5. The molecule has 0 spiro atoms. The molecule has 0 aliphatic heterocycles. The quantitative estimate of drug-likeness (QED) is 0.533. The van der Waals surface area contributed by atoms with Gasteiger partial charge < -0.3 is 21.3 Å². The molecule has 1 aliphatic rings. The average molecular weight is 422 g/mol. The molecule has 9 heteroatoms. The Labute approximate surface area is 179 Å². The van der Waals surface area contributed by atoms with E-state index in [1.54, 1.807) is 22.9 Å². The number of rotatable bonds is 7. The summed E-state index contributed by atoms with van der Waals surface area (Å²) in [6, 6.07) is 9.00. The average Bonchev–Trinajstić information content (AvgIpc) is 3.25. The summed E-state index contributed by atoms with van der Waals surface area (Å²) in [5.41, 5.74) is 13.7. The molecule has 1 aliphatic carbocycles. The molecule has 31 heavy (non-hydrogen) atoms. The second-order valence-electron chi connectivity index (χ2n) is 8.18. The predicted octanol–water partition coefficient (Wildman–Crippen LogP) is 3.25. The van der Waals surface area contributed by atoms with Gasteiger partial charge >= 0.3 is 0 Å². The molecule has 1 fully saturated rings. The maximum atomic E-state index is 12.4. The van der Waals surface area contributed by atoms with Crippen molar-refractivity contribution in [2.75, 3.05) is 11.1 Å². The van der Waals surface area contributed by atoms with E-state index in [2.05, 4.69) is 15.6 Å². The standard InChI is InChI=1S/C22H26N6O3/c1-12(2)28-21(23)19(22(24)30)20(26-28)15-8-6-13(7-9-15)10-18(29)25-17-11-16(31-27-17)14-4-3-5-14/h6-9,11-12,14H,3-5,10,23H2,1-2H3,(H2,24,30)(H,25,27,29). The highest BCUT2D eigenvalue weighted by molar-refractivity contribution is 6.03. The van der Waals surface area contributed by atoms with E-state index in [0.29, 0.717) is 23.0 Å². The van der Waals surface area contributed by atoms with Gasteiger partial charge in [-0.3, -0.25) is 9.59 Å². The van der Waals surface area contributed by atoms with Crippen LogP contribution >= 0.6 is 0 Å². The maximum absolute atomic E-state index is 12.4. The van der Waals surface area contributed by atoms with Gasteiger partial charge in [0.1, 0.15) is 22.8 Å². The van der Waals surface area contributed by atoms with Crippen LogP contribution in [0.5, 0.6) is 0 Å². The summed E-state index contributed by atoms with van der Waals surface area (Å²) in [7, 11) is 0. The number of primary amides is 1. The molecule has 0 atom stereocenters. The van der Waals surface area contributed by atoms with Crippen LogP contribution in [-0.4, -0.2) is 26.8 Å². The number of benzene rings is 1. The molecule has 2 heterocycles. The van der Waals surface area contributed by atoms with Crippen molar-refractivity contribution >= 4 is 23.5 Å². The first-order valence-corrected chi connectivity index (χ1v) is 10.4. The molecule has 2 aromatic heterocycles. The van der Waals surface area contributed by atoms with Crippen LogP contribution in [0.4, 0.5) is 11.6 Å². The molecule has 3 aromatic rings. The first kappa shape index (κ1) is 20.6. The van der Waals surface area contributed by atoms with Crippen LogP contribution in [0.25, 0.3) is 11.3 Å². The topological polar surface area (TPSA) is 142 Å². The lowest BCUT2D eigenvalue weighted by atomic mass is 9.84. The van der Waals surface area contributed by atoms with Gasteiger partial charge in [0, 0.05) is 23.6 Å². The van der Waals surface area contributed by atoms with Crippen molar-refractivity contribution in [3.63, 3.8) is 0 Å². The third-order valence-electron chi connectivity index (χ3n) is 5.58. The minimum Gasteiger partial charge on any atom is -0.383 e. The summed E-state index contributed by atoms with van der Waals surface area (Å²) >= 11 is 0. The van der Waals surface area contributed by atoms with Crippen LogP contribution < -0.4 is 16.8 Å². The van der Waals surface area contributed by atoms with Gasteiger partial charge in [0.2, 0.25) is 5.91 Å². The van der Waals surface area contributed by atoms with E-state index in [9.17, 15) is 9.59 Å². The number of nitrogens with zero attached hydrogens (tertiary/aromatic N) is 3. The molecule has 162 valence electrons. The summed E-state index contributed by atoms with van der Waals surface area (Å²) in [5, 5.41) is 11.2. The lowest BCUT2D eigenvalue weighted by Gasteiger charge is -2.21. The van der Waals surface area contributed by atoms with E-state index < -0.39 is 5.91 Å². The van der Waals surface area contributed by atoms with E-state index in [4.69, 9.17) is 16.0 Å². The second kappa shape index (κ2) is 8.25. The molecule has 2 amide bonds. The molecule has 9 nitrogen and oxygen atoms in total. The molecule has 1 aromatic carbocycles. The number of carbonyl (C=O) groups excluding carboxylic acids is 2. The van der Waals surface area contributed by atoms with E-state index >= 15 is 0 Å². The summed E-state index contributed by atoms with van der Waals surface area (Å²) in [4.78, 5) is 24.3. The first-order valence-electron chi connectivity index (χ1n) is 10.4. The van der Waals surface area contributed by atoms with Gasteiger partial charge in [-0.1, -0.05) is 35.8 Å². The van der Waals surface area contributed by atoms with E-state index in [-0.39, 0.29) is 29.8 Å². The Morgan fingerprint density at radius 2 is 1.97 bits per heavy atom. The SMILES string of the molecule is CC(C)n1nc(-c2ccc(CC(=O)Nc3cc(C4CCC4)on3)cc2)c(C(N)=O)c1N. The zero-order valence-corrected chi connectivity index (χ0v) is 17.6. The van der Waals surface area contributed by atoms with Crippen molar-refractivity contribution in [3.05, 3.63) is 47.2 Å². The van der Waals surface area contributed by atoms with Crippen LogP contribution in [0.2, 0.25) is 0 Å². The number of nitrogen functional groups attached to an aromatic ring is 1.